The van der Waals surface area contributed by atoms with Gasteiger partial charge >= 0.3 is 0 Å². The lowest BCUT2D eigenvalue weighted by atomic mass is 10.3. The first-order valence-corrected chi connectivity index (χ1v) is 8.43. The fraction of sp³-hybridized carbons (Fsp3) is 0.200. The Morgan fingerprint density at radius 2 is 1.69 bits per heavy atom. The number of aryl methyl sites for hydroxylation is 1. The highest BCUT2D eigenvalue weighted by Gasteiger charge is 2.05. The number of nitrogens with one attached hydrogen (secondary N) is 2. The van der Waals surface area contributed by atoms with E-state index in [1.54, 1.807) is 7.11 Å². The molecule has 26 heavy (non-hydrogen) atoms. The molecule has 0 atom stereocenters. The average molecular weight is 350 g/mol. The molecule has 0 saturated carbocycles. The Bertz CT molecular complexity index is 866. The maximum absolute atomic E-state index is 5.46. The number of hydrogen-bond donors (Lipinski definition) is 2. The lowest BCUT2D eigenvalue weighted by Gasteiger charge is -2.11. The third-order valence-corrected chi connectivity index (χ3v) is 3.62. The molecule has 0 amide bonds. The molecule has 1 aromatic heterocycles. The molecule has 2 N–H and O–H groups in total. The summed E-state index contributed by atoms with van der Waals surface area (Å²) in [5.74, 6) is 2.86. The van der Waals surface area contributed by atoms with Gasteiger partial charge in [-0.3, -0.25) is 0 Å². The van der Waals surface area contributed by atoms with Crippen molar-refractivity contribution >= 4 is 23.1 Å². The molecule has 0 spiro atoms. The summed E-state index contributed by atoms with van der Waals surface area (Å²) in [5.41, 5.74) is 2.65. The number of rotatable bonds is 7. The van der Waals surface area contributed by atoms with E-state index in [2.05, 4.69) is 20.6 Å². The maximum atomic E-state index is 5.46. The Morgan fingerprint density at radius 3 is 2.42 bits per heavy atom. The van der Waals surface area contributed by atoms with Crippen molar-refractivity contribution < 1.29 is 9.47 Å². The summed E-state index contributed by atoms with van der Waals surface area (Å²) in [6.45, 7) is 4.54. The summed E-state index contributed by atoms with van der Waals surface area (Å²) in [6.07, 6.45) is 0. The molecule has 1 heterocycles. The topological polar surface area (TPSA) is 68.3 Å². The van der Waals surface area contributed by atoms with Crippen LogP contribution in [0.25, 0.3) is 0 Å². The molecule has 0 aliphatic carbocycles. The van der Waals surface area contributed by atoms with Crippen LogP contribution in [0.3, 0.4) is 0 Å². The van der Waals surface area contributed by atoms with Crippen molar-refractivity contribution in [3.63, 3.8) is 0 Å². The second kappa shape index (κ2) is 8.20. The summed E-state index contributed by atoms with van der Waals surface area (Å²) >= 11 is 0. The molecule has 3 aromatic rings. The number of anilines is 4. The lowest BCUT2D eigenvalue weighted by Crippen LogP contribution is -2.02. The van der Waals surface area contributed by atoms with Crippen molar-refractivity contribution in [3.8, 4) is 11.5 Å². The number of nitrogens with zero attached hydrogens (tertiary/aromatic N) is 2. The molecule has 0 aliphatic heterocycles. The van der Waals surface area contributed by atoms with Crippen LogP contribution < -0.4 is 20.1 Å². The van der Waals surface area contributed by atoms with Crippen LogP contribution in [0.4, 0.5) is 23.1 Å². The van der Waals surface area contributed by atoms with E-state index < -0.39 is 0 Å². The standard InChI is InChI=1S/C20H22N4O2/c1-4-26-17-10-8-15(9-11-17)23-20-21-14(2)12-19(24-20)22-16-6-5-7-18(13-16)25-3/h5-13H,4H2,1-3H3,(H2,21,22,23,24). The third-order valence-electron chi connectivity index (χ3n) is 3.62. The van der Waals surface area contributed by atoms with Crippen LogP contribution in [0.5, 0.6) is 11.5 Å². The van der Waals surface area contributed by atoms with Crippen LogP contribution in [0.15, 0.2) is 54.6 Å². The van der Waals surface area contributed by atoms with E-state index in [0.29, 0.717) is 18.4 Å². The molecule has 6 heteroatoms. The minimum Gasteiger partial charge on any atom is -0.497 e. The van der Waals surface area contributed by atoms with Gasteiger partial charge in [-0.1, -0.05) is 6.07 Å². The molecular weight excluding hydrogens is 328 g/mol. The zero-order chi connectivity index (χ0) is 18.4. The Hall–Kier alpha value is -3.28. The number of ether oxygens (including phenoxy) is 2. The van der Waals surface area contributed by atoms with Gasteiger partial charge in [0.05, 0.1) is 13.7 Å². The van der Waals surface area contributed by atoms with Gasteiger partial charge in [0.1, 0.15) is 17.3 Å². The van der Waals surface area contributed by atoms with Gasteiger partial charge < -0.3 is 20.1 Å². The van der Waals surface area contributed by atoms with E-state index in [1.165, 1.54) is 0 Å². The quantitative estimate of drug-likeness (QED) is 0.645. The molecule has 3 rings (SSSR count). The van der Waals surface area contributed by atoms with Gasteiger partial charge in [0, 0.05) is 29.2 Å². The van der Waals surface area contributed by atoms with Crippen LogP contribution >= 0.6 is 0 Å². The Balaban J connectivity index is 1.76. The molecule has 0 bridgehead atoms. The van der Waals surface area contributed by atoms with Gasteiger partial charge in [-0.25, -0.2) is 4.98 Å². The molecule has 134 valence electrons. The van der Waals surface area contributed by atoms with E-state index in [-0.39, 0.29) is 0 Å². The van der Waals surface area contributed by atoms with Gasteiger partial charge in [-0.15, -0.1) is 0 Å². The molecule has 0 aliphatic rings. The van der Waals surface area contributed by atoms with Crippen LogP contribution in [-0.4, -0.2) is 23.7 Å². The van der Waals surface area contributed by atoms with Gasteiger partial charge in [0.25, 0.3) is 0 Å². The summed E-state index contributed by atoms with van der Waals surface area (Å²) in [5, 5.41) is 6.50. The van der Waals surface area contributed by atoms with E-state index in [0.717, 1.165) is 28.6 Å². The largest absolute Gasteiger partial charge is 0.497 e. The minimum atomic E-state index is 0.527. The summed E-state index contributed by atoms with van der Waals surface area (Å²) < 4.78 is 10.7. The van der Waals surface area contributed by atoms with Crippen molar-refractivity contribution in [2.75, 3.05) is 24.4 Å². The monoisotopic (exact) mass is 350 g/mol. The molecule has 2 aromatic carbocycles. The van der Waals surface area contributed by atoms with E-state index in [1.807, 2.05) is 68.4 Å². The Kier molecular flexibility index (Phi) is 5.53. The predicted octanol–water partition coefficient (Wildman–Crippen LogP) is 4.68. The van der Waals surface area contributed by atoms with Gasteiger partial charge in [-0.2, -0.15) is 4.98 Å². The smallest absolute Gasteiger partial charge is 0.229 e. The van der Waals surface area contributed by atoms with Gasteiger partial charge in [0.15, 0.2) is 0 Å². The van der Waals surface area contributed by atoms with E-state index in [4.69, 9.17) is 9.47 Å². The highest BCUT2D eigenvalue weighted by Crippen LogP contribution is 2.23. The molecular formula is C20H22N4O2. The molecule has 0 fully saturated rings. The van der Waals surface area contributed by atoms with Crippen molar-refractivity contribution in [1.82, 2.24) is 9.97 Å². The van der Waals surface area contributed by atoms with Crippen LogP contribution in [0.1, 0.15) is 12.6 Å². The number of methoxy groups -OCH3 is 1. The zero-order valence-electron chi connectivity index (χ0n) is 15.1. The second-order valence-electron chi connectivity index (χ2n) is 5.66. The molecule has 6 nitrogen and oxygen atoms in total. The highest BCUT2D eigenvalue weighted by atomic mass is 16.5. The van der Waals surface area contributed by atoms with Crippen LogP contribution in [-0.2, 0) is 0 Å². The number of aromatic nitrogens is 2. The molecule has 0 saturated heterocycles. The zero-order valence-corrected chi connectivity index (χ0v) is 15.1. The lowest BCUT2D eigenvalue weighted by molar-refractivity contribution is 0.340. The fourth-order valence-electron chi connectivity index (χ4n) is 2.47. The summed E-state index contributed by atoms with van der Waals surface area (Å²) in [6, 6.07) is 17.3. The number of hydrogen-bond acceptors (Lipinski definition) is 6. The van der Waals surface area contributed by atoms with Gasteiger partial charge in [-0.05, 0) is 50.2 Å². The van der Waals surface area contributed by atoms with Crippen LogP contribution in [0.2, 0.25) is 0 Å². The van der Waals surface area contributed by atoms with Crippen molar-refractivity contribution in [1.29, 1.82) is 0 Å². The molecule has 0 unspecified atom stereocenters. The average Bonchev–Trinajstić information content (AvgIpc) is 2.63. The summed E-state index contributed by atoms with van der Waals surface area (Å²) in [7, 11) is 1.65. The van der Waals surface area contributed by atoms with Crippen molar-refractivity contribution in [2.24, 2.45) is 0 Å². The highest BCUT2D eigenvalue weighted by molar-refractivity contribution is 5.61. The first-order valence-electron chi connectivity index (χ1n) is 8.43. The normalized spacial score (nSPS) is 10.3. The van der Waals surface area contributed by atoms with E-state index >= 15 is 0 Å². The fourth-order valence-corrected chi connectivity index (χ4v) is 2.47. The van der Waals surface area contributed by atoms with E-state index in [9.17, 15) is 0 Å². The SMILES string of the molecule is CCOc1ccc(Nc2nc(C)cc(Nc3cccc(OC)c3)n2)cc1. The maximum Gasteiger partial charge on any atom is 0.229 e. The Labute approximate surface area is 153 Å². The first kappa shape index (κ1) is 17.5. The second-order valence-corrected chi connectivity index (χ2v) is 5.66. The predicted molar refractivity (Wildman–Crippen MR) is 104 cm³/mol. The van der Waals surface area contributed by atoms with Crippen LogP contribution in [0, 0.1) is 6.92 Å². The summed E-state index contributed by atoms with van der Waals surface area (Å²) in [4.78, 5) is 8.98. The van der Waals surface area contributed by atoms with Crippen molar-refractivity contribution in [3.05, 3.63) is 60.3 Å². The first-order chi connectivity index (χ1) is 12.7. The van der Waals surface area contributed by atoms with Gasteiger partial charge in [0.2, 0.25) is 5.95 Å². The van der Waals surface area contributed by atoms with Crippen molar-refractivity contribution in [2.45, 2.75) is 13.8 Å². The number of benzene rings is 2. The Morgan fingerprint density at radius 1 is 0.885 bits per heavy atom. The minimum absolute atomic E-state index is 0.527. The third kappa shape index (κ3) is 4.63. The molecule has 0 radical (unpaired) electrons.